The maximum absolute atomic E-state index is 14.5. The summed E-state index contributed by atoms with van der Waals surface area (Å²) in [6.07, 6.45) is 1.93. The lowest BCUT2D eigenvalue weighted by Crippen LogP contribution is -2.64. The Morgan fingerprint density at radius 1 is 0.897 bits per heavy atom. The van der Waals surface area contributed by atoms with Crippen LogP contribution in [0.2, 0.25) is 0 Å². The number of benzene rings is 3. The van der Waals surface area contributed by atoms with Crippen LogP contribution in [-0.2, 0) is 54.1 Å². The monoisotopic (exact) mass is 1210 g/mol. The first-order chi connectivity index (χ1) is 41.3. The molecule has 87 heavy (non-hydrogen) atoms. The van der Waals surface area contributed by atoms with Crippen molar-refractivity contribution in [3.8, 4) is 28.2 Å². The van der Waals surface area contributed by atoms with Crippen LogP contribution in [0.15, 0.2) is 87.1 Å². The second-order valence-electron chi connectivity index (χ2n) is 24.1. The number of hydrogen-bond donors (Lipinski definition) is 6. The normalized spacial score (nSPS) is 25.0. The molecule has 14 unspecified atom stereocenters. The number of carbonyl (C=O) groups is 6. The Labute approximate surface area is 507 Å². The molecule has 6 N–H and O–H groups in total. The van der Waals surface area contributed by atoms with Crippen LogP contribution in [0.4, 0.5) is 4.79 Å². The third-order valence-corrected chi connectivity index (χ3v) is 17.7. The molecule has 2 saturated heterocycles. The van der Waals surface area contributed by atoms with Gasteiger partial charge in [0.05, 0.1) is 54.8 Å². The van der Waals surface area contributed by atoms with E-state index < -0.39 is 90.0 Å². The van der Waals surface area contributed by atoms with Crippen LogP contribution in [0.5, 0.6) is 5.75 Å². The number of ether oxygens (including phenoxy) is 6. The molecule has 2 aromatic carbocycles. The van der Waals surface area contributed by atoms with Crippen molar-refractivity contribution >= 4 is 46.5 Å². The van der Waals surface area contributed by atoms with Crippen LogP contribution >= 0.6 is 0 Å². The van der Waals surface area contributed by atoms with Gasteiger partial charge >= 0.3 is 18.0 Å². The molecule has 3 aliphatic heterocycles. The predicted octanol–water partition coefficient (Wildman–Crippen LogP) is 8.30. The highest BCUT2D eigenvalue weighted by Gasteiger charge is 2.56. The summed E-state index contributed by atoms with van der Waals surface area (Å²) in [7, 11) is 4.51. The number of piperidine rings is 1. The molecule has 21 heteroatoms. The van der Waals surface area contributed by atoms with Gasteiger partial charge in [0.2, 0.25) is 5.79 Å². The van der Waals surface area contributed by atoms with E-state index in [4.69, 9.17) is 32.8 Å². The zero-order valence-corrected chi connectivity index (χ0v) is 51.4. The first-order valence-corrected chi connectivity index (χ1v) is 30.1. The van der Waals surface area contributed by atoms with E-state index >= 15 is 0 Å². The van der Waals surface area contributed by atoms with Gasteiger partial charge in [-0.15, -0.1) is 0 Å². The number of phenolic OH excluding ortho intramolecular Hbond substituents is 1. The van der Waals surface area contributed by atoms with Crippen molar-refractivity contribution < 1.29 is 87.1 Å². The molecule has 0 bridgehead atoms. The van der Waals surface area contributed by atoms with Crippen LogP contribution in [0, 0.1) is 29.6 Å². The zero-order valence-electron chi connectivity index (χ0n) is 51.4. The Balaban J connectivity index is 0.972. The topological polar surface area (TPSA) is 304 Å². The number of Topliss-reactive ketones (excluding diaryl/α,β-unsaturated/α-hetero) is 2. The van der Waals surface area contributed by atoms with E-state index in [-0.39, 0.29) is 102 Å². The first-order valence-electron chi connectivity index (χ1n) is 30.1. The second-order valence-corrected chi connectivity index (χ2v) is 24.1. The molecule has 3 heterocycles. The number of alkyl carbamates (subject to hydrolysis) is 1. The van der Waals surface area contributed by atoms with Crippen LogP contribution in [0.3, 0.4) is 0 Å². The molecule has 3 fully saturated rings. The average Bonchev–Trinajstić information content (AvgIpc) is 0.832. The largest absolute Gasteiger partial charge is 0.507 e. The van der Waals surface area contributed by atoms with E-state index in [2.05, 4.69) is 5.32 Å². The van der Waals surface area contributed by atoms with Crippen molar-refractivity contribution in [3.63, 3.8) is 0 Å². The number of aromatic carboxylic acids is 1. The summed E-state index contributed by atoms with van der Waals surface area (Å²) in [5.41, 5.74) is 2.25. The summed E-state index contributed by atoms with van der Waals surface area (Å²) in [5.74, 6) is -8.97. The zero-order chi connectivity index (χ0) is 63.6. The van der Waals surface area contributed by atoms with Crippen LogP contribution in [0.25, 0.3) is 33.4 Å². The lowest BCUT2D eigenvalue weighted by Gasteiger charge is -2.47. The number of ketones is 2. The number of amides is 2. The second kappa shape index (κ2) is 29.9. The maximum Gasteiger partial charge on any atom is 0.407 e. The van der Waals surface area contributed by atoms with Crippen molar-refractivity contribution in [2.75, 3.05) is 34.5 Å². The molecule has 0 radical (unpaired) electrons. The Kier molecular flexibility index (Phi) is 23.3. The quantitative estimate of drug-likeness (QED) is 0.0119. The van der Waals surface area contributed by atoms with Crippen molar-refractivity contribution in [1.29, 1.82) is 0 Å². The van der Waals surface area contributed by atoms with E-state index in [0.29, 0.717) is 78.2 Å². The highest BCUT2D eigenvalue weighted by molar-refractivity contribution is 6.39. The fraction of sp³-hybridized carbons (Fsp3) is 0.561. The third kappa shape index (κ3) is 15.9. The molecule has 2 aromatic rings. The lowest BCUT2D eigenvalue weighted by molar-refractivity contribution is -0.302. The highest BCUT2D eigenvalue weighted by atomic mass is 16.7. The molecule has 2 aliphatic carbocycles. The third-order valence-electron chi connectivity index (χ3n) is 17.7. The molecule has 0 aromatic heterocycles. The van der Waals surface area contributed by atoms with E-state index in [1.165, 1.54) is 45.4 Å². The summed E-state index contributed by atoms with van der Waals surface area (Å²) < 4.78 is 41.5. The minimum atomic E-state index is -2.63. The molecular formula is C66H86N2O19. The van der Waals surface area contributed by atoms with Gasteiger partial charge in [-0.25, -0.2) is 14.4 Å². The van der Waals surface area contributed by atoms with Gasteiger partial charge in [-0.05, 0) is 143 Å². The number of nitrogens with zero attached hydrogens (tertiary/aromatic N) is 1. The Hall–Kier alpha value is -6.85. The van der Waals surface area contributed by atoms with Crippen molar-refractivity contribution in [2.24, 2.45) is 29.6 Å². The number of carbonyl (C=O) groups excluding carboxylic acids is 5. The highest BCUT2D eigenvalue weighted by Crippen LogP contribution is 2.44. The number of aromatic hydroxyl groups is 1. The molecule has 5 aliphatic rings. The number of aliphatic hydroxyl groups excluding tert-OH is 2. The molecule has 14 atom stereocenters. The van der Waals surface area contributed by atoms with Gasteiger partial charge in [0.1, 0.15) is 35.3 Å². The number of hydrogen-bond acceptors (Lipinski definition) is 18. The summed E-state index contributed by atoms with van der Waals surface area (Å²) in [6, 6.07) is 12.3. The predicted molar refractivity (Wildman–Crippen MR) is 320 cm³/mol. The minimum Gasteiger partial charge on any atom is -0.507 e. The molecule has 474 valence electrons. The van der Waals surface area contributed by atoms with E-state index in [1.807, 2.05) is 32.9 Å². The fourth-order valence-electron chi connectivity index (χ4n) is 12.7. The van der Waals surface area contributed by atoms with Crippen LogP contribution in [0.1, 0.15) is 129 Å². The van der Waals surface area contributed by atoms with Gasteiger partial charge in [0, 0.05) is 68.7 Å². The maximum atomic E-state index is 14.5. The van der Waals surface area contributed by atoms with Crippen molar-refractivity contribution in [1.82, 2.24) is 10.2 Å². The Morgan fingerprint density at radius 2 is 1.62 bits per heavy atom. The number of carboxylic acid groups (broad SMARTS) is 1. The average molecular weight is 1210 g/mol. The van der Waals surface area contributed by atoms with Crippen LogP contribution in [-0.4, -0.2) is 155 Å². The number of phenols is 1. The summed E-state index contributed by atoms with van der Waals surface area (Å²) >= 11 is 0. The number of allylic oxidation sites excluding steroid dienone is 2. The molecule has 21 nitrogen and oxygen atoms in total. The van der Waals surface area contributed by atoms with Gasteiger partial charge in [-0.1, -0.05) is 58.0 Å². The lowest BCUT2D eigenvalue weighted by atomic mass is 9.81. The number of nitrogens with one attached hydrogen (secondary N) is 1. The Morgan fingerprint density at radius 3 is 2.30 bits per heavy atom. The summed E-state index contributed by atoms with van der Waals surface area (Å²) in [5, 5.41) is 57.5. The summed E-state index contributed by atoms with van der Waals surface area (Å²) in [4.78, 5) is 95.3. The van der Waals surface area contributed by atoms with Gasteiger partial charge < -0.3 is 68.6 Å². The van der Waals surface area contributed by atoms with E-state index in [9.17, 15) is 59.1 Å². The fourth-order valence-corrected chi connectivity index (χ4v) is 12.7. The Bertz CT molecular complexity index is 3200. The number of methoxy groups -OCH3 is 3. The SMILES string of the molecule is COC1CC(C=C(C)C(OC(=O)C2CCCCN2C(=O)C(=O)C2(O)OC(C(CC(C)CC(C)C=C(CCOC(=O)NCc3c(O)ccc4c(-c5ccccc5C(=O)O)c5ccc(=O)cc-5oc34)C(C)=O)OC)C(OC)CC2C)C(C)C(C)O)CCC1O. The number of carboxylic acids is 1. The van der Waals surface area contributed by atoms with Gasteiger partial charge in [-0.2, -0.15) is 0 Å². The number of rotatable bonds is 25. The number of likely N-dealkylation sites (tertiary alicyclic amines) is 1. The minimum absolute atomic E-state index is 0.00113. The van der Waals surface area contributed by atoms with Gasteiger partial charge in [0.25, 0.3) is 11.7 Å². The number of esters is 1. The molecule has 7 rings (SSSR count). The van der Waals surface area contributed by atoms with Crippen LogP contribution < -0.4 is 10.7 Å². The number of aliphatic hydroxyl groups is 3. The standard InChI is InChI=1S/C66H86N2O19/c1-35(28-43(41(7)70)24-26-84-65(79)67-34-49-51(72)23-21-48-57(45-15-11-12-16-46(45)63(76)77)47-20-19-44(71)33-53(47)85-59(48)49)27-36(2)29-55(82-9)60-56(83-10)31-38(4)66(80,87-60)61(74)62(75)68-25-14-13-17-50(68)64(78)86-58(39(5)40(6)69)37(3)30-42-18-22-52(73)54(32-42)81-8/h11-12,15-16,19-21,23,28,30,33,35-36,38-40,42,50,52,54-56,58,60,69,72-73,80H,13-14,17-18,22,24-27,29,31-32,34H2,1-10H3,(H,67,79)(H,76,77). The molecule has 0 spiro atoms. The first kappa shape index (κ1) is 67.7. The summed E-state index contributed by atoms with van der Waals surface area (Å²) in [6.45, 7) is 11.7. The molecular weight excluding hydrogens is 1120 g/mol. The molecule has 1 saturated carbocycles. The smallest absolute Gasteiger partial charge is 0.407 e. The van der Waals surface area contributed by atoms with Gasteiger partial charge in [0.15, 0.2) is 11.2 Å². The van der Waals surface area contributed by atoms with Crippen molar-refractivity contribution in [2.45, 2.75) is 174 Å². The van der Waals surface area contributed by atoms with E-state index in [0.717, 1.165) is 4.90 Å². The number of fused-ring (bicyclic) bond motifs is 2. The van der Waals surface area contributed by atoms with E-state index in [1.54, 1.807) is 58.2 Å². The van der Waals surface area contributed by atoms with Crippen molar-refractivity contribution in [3.05, 3.63) is 99.2 Å². The molecule has 2 amide bonds. The van der Waals surface area contributed by atoms with Gasteiger partial charge in [-0.3, -0.25) is 19.2 Å².